The SMILES string of the molecule is O=[N+]([O-])c1ccc(COS(=O)(=O)c2cccc3c(Nc4ccccc4)cccc23)cc1. The summed E-state index contributed by atoms with van der Waals surface area (Å²) in [5, 5.41) is 15.3. The Balaban J connectivity index is 1.62. The molecule has 0 radical (unpaired) electrons. The minimum atomic E-state index is -4.06. The largest absolute Gasteiger partial charge is 0.355 e. The number of rotatable bonds is 7. The summed E-state index contributed by atoms with van der Waals surface area (Å²) in [5.41, 5.74) is 2.11. The molecular formula is C23H18N2O5S. The van der Waals surface area contributed by atoms with E-state index in [4.69, 9.17) is 4.18 Å². The van der Waals surface area contributed by atoms with E-state index in [0.717, 1.165) is 16.8 Å². The molecule has 31 heavy (non-hydrogen) atoms. The van der Waals surface area contributed by atoms with E-state index in [2.05, 4.69) is 5.32 Å². The quantitative estimate of drug-likeness (QED) is 0.238. The third-order valence-electron chi connectivity index (χ3n) is 4.73. The summed E-state index contributed by atoms with van der Waals surface area (Å²) in [7, 11) is -4.06. The number of nitro benzene ring substituents is 1. The van der Waals surface area contributed by atoms with Crippen LogP contribution in [0.1, 0.15) is 5.56 Å². The van der Waals surface area contributed by atoms with Crippen molar-refractivity contribution in [1.29, 1.82) is 0 Å². The van der Waals surface area contributed by atoms with E-state index >= 15 is 0 Å². The van der Waals surface area contributed by atoms with Crippen LogP contribution in [-0.4, -0.2) is 13.3 Å². The van der Waals surface area contributed by atoms with Crippen LogP contribution in [0.2, 0.25) is 0 Å². The second-order valence-corrected chi connectivity index (χ2v) is 8.37. The average Bonchev–Trinajstić information content (AvgIpc) is 2.78. The molecule has 7 nitrogen and oxygen atoms in total. The maximum Gasteiger partial charge on any atom is 0.297 e. The van der Waals surface area contributed by atoms with E-state index in [9.17, 15) is 18.5 Å². The van der Waals surface area contributed by atoms with Gasteiger partial charge in [0.05, 0.1) is 11.5 Å². The first-order valence-electron chi connectivity index (χ1n) is 9.41. The highest BCUT2D eigenvalue weighted by atomic mass is 32.2. The molecule has 1 N–H and O–H groups in total. The molecule has 0 aliphatic rings. The molecule has 8 heteroatoms. The summed E-state index contributed by atoms with van der Waals surface area (Å²) in [5.74, 6) is 0. The van der Waals surface area contributed by atoms with Gasteiger partial charge in [0.15, 0.2) is 0 Å². The number of para-hydroxylation sites is 1. The van der Waals surface area contributed by atoms with Gasteiger partial charge in [-0.2, -0.15) is 8.42 Å². The summed E-state index contributed by atoms with van der Waals surface area (Å²) in [6, 6.07) is 25.6. The van der Waals surface area contributed by atoms with Crippen LogP contribution in [0.5, 0.6) is 0 Å². The van der Waals surface area contributed by atoms with Crippen LogP contribution in [0.15, 0.2) is 95.9 Å². The molecule has 4 rings (SSSR count). The Morgan fingerprint density at radius 2 is 1.48 bits per heavy atom. The van der Waals surface area contributed by atoms with Crippen molar-refractivity contribution in [3.8, 4) is 0 Å². The fourth-order valence-corrected chi connectivity index (χ4v) is 4.32. The first kappa shape index (κ1) is 20.5. The number of anilines is 2. The number of fused-ring (bicyclic) bond motifs is 1. The van der Waals surface area contributed by atoms with Gasteiger partial charge in [-0.1, -0.05) is 42.5 Å². The standard InChI is InChI=1S/C23H18N2O5S/c26-25(27)19-14-12-17(13-15-19)16-30-31(28,29)23-11-5-8-20-21(23)9-4-10-22(20)24-18-6-2-1-3-7-18/h1-15,24H,16H2. The smallest absolute Gasteiger partial charge is 0.297 e. The molecule has 0 saturated heterocycles. The van der Waals surface area contributed by atoms with Crippen molar-refractivity contribution in [1.82, 2.24) is 0 Å². The lowest BCUT2D eigenvalue weighted by Crippen LogP contribution is -2.07. The molecule has 0 amide bonds. The predicted molar refractivity (Wildman–Crippen MR) is 119 cm³/mol. The normalized spacial score (nSPS) is 11.4. The third kappa shape index (κ3) is 4.55. The fraction of sp³-hybridized carbons (Fsp3) is 0.0435. The molecule has 0 atom stereocenters. The summed E-state index contributed by atoms with van der Waals surface area (Å²) in [6.45, 7) is -0.224. The van der Waals surface area contributed by atoms with Crippen LogP contribution >= 0.6 is 0 Å². The molecule has 0 aliphatic heterocycles. The summed E-state index contributed by atoms with van der Waals surface area (Å²) >= 11 is 0. The van der Waals surface area contributed by atoms with Gasteiger partial charge < -0.3 is 5.32 Å². The van der Waals surface area contributed by atoms with Crippen molar-refractivity contribution in [2.75, 3.05) is 5.32 Å². The molecule has 0 aliphatic carbocycles. The highest BCUT2D eigenvalue weighted by Crippen LogP contribution is 2.31. The van der Waals surface area contributed by atoms with Crippen LogP contribution in [0, 0.1) is 10.1 Å². The van der Waals surface area contributed by atoms with Crippen molar-refractivity contribution in [3.05, 3.63) is 107 Å². The molecular weight excluding hydrogens is 416 g/mol. The molecule has 0 aromatic heterocycles. The van der Waals surface area contributed by atoms with Crippen LogP contribution < -0.4 is 5.32 Å². The first-order chi connectivity index (χ1) is 14.9. The van der Waals surface area contributed by atoms with Crippen LogP contribution in [-0.2, 0) is 20.9 Å². The van der Waals surface area contributed by atoms with Gasteiger partial charge in [-0.15, -0.1) is 0 Å². The molecule has 0 heterocycles. The van der Waals surface area contributed by atoms with Crippen LogP contribution in [0.3, 0.4) is 0 Å². The maximum atomic E-state index is 12.9. The number of hydrogen-bond acceptors (Lipinski definition) is 6. The Morgan fingerprint density at radius 3 is 2.19 bits per heavy atom. The van der Waals surface area contributed by atoms with Crippen LogP contribution in [0.4, 0.5) is 17.1 Å². The summed E-state index contributed by atoms with van der Waals surface area (Å²) in [6.07, 6.45) is 0. The number of nitrogens with one attached hydrogen (secondary N) is 1. The van der Waals surface area contributed by atoms with Crippen molar-refractivity contribution < 1.29 is 17.5 Å². The molecule has 0 saturated carbocycles. The Morgan fingerprint density at radius 1 is 0.806 bits per heavy atom. The van der Waals surface area contributed by atoms with Gasteiger partial charge in [-0.05, 0) is 42.0 Å². The lowest BCUT2D eigenvalue weighted by molar-refractivity contribution is -0.384. The Hall–Kier alpha value is -3.75. The Bertz CT molecular complexity index is 1340. The number of nitrogens with zero attached hydrogens (tertiary/aromatic N) is 1. The molecule has 4 aromatic carbocycles. The van der Waals surface area contributed by atoms with Crippen molar-refractivity contribution >= 4 is 38.0 Å². The zero-order valence-electron chi connectivity index (χ0n) is 16.3. The van der Waals surface area contributed by atoms with Gasteiger partial charge in [0, 0.05) is 34.3 Å². The van der Waals surface area contributed by atoms with Gasteiger partial charge in [-0.3, -0.25) is 14.3 Å². The number of hydrogen-bond donors (Lipinski definition) is 1. The van der Waals surface area contributed by atoms with Gasteiger partial charge in [0.2, 0.25) is 0 Å². The highest BCUT2D eigenvalue weighted by molar-refractivity contribution is 7.87. The second-order valence-electron chi connectivity index (χ2n) is 6.79. The topological polar surface area (TPSA) is 98.5 Å². The van der Waals surface area contributed by atoms with E-state index in [0.29, 0.717) is 10.9 Å². The van der Waals surface area contributed by atoms with Crippen molar-refractivity contribution in [2.24, 2.45) is 0 Å². The monoisotopic (exact) mass is 434 g/mol. The van der Waals surface area contributed by atoms with E-state index in [1.807, 2.05) is 42.5 Å². The third-order valence-corrected chi connectivity index (χ3v) is 6.05. The van der Waals surface area contributed by atoms with Crippen LogP contribution in [0.25, 0.3) is 10.8 Å². The average molecular weight is 434 g/mol. The summed E-state index contributed by atoms with van der Waals surface area (Å²) < 4.78 is 31.1. The maximum absolute atomic E-state index is 12.9. The van der Waals surface area contributed by atoms with E-state index in [-0.39, 0.29) is 17.2 Å². The number of benzene rings is 4. The molecule has 4 aromatic rings. The lowest BCUT2D eigenvalue weighted by atomic mass is 10.1. The second kappa shape index (κ2) is 8.55. The fourth-order valence-electron chi connectivity index (χ4n) is 3.21. The zero-order chi connectivity index (χ0) is 21.8. The first-order valence-corrected chi connectivity index (χ1v) is 10.8. The minimum Gasteiger partial charge on any atom is -0.355 e. The Labute approximate surface area is 179 Å². The van der Waals surface area contributed by atoms with Crippen molar-refractivity contribution in [2.45, 2.75) is 11.5 Å². The van der Waals surface area contributed by atoms with Gasteiger partial charge in [0.25, 0.3) is 15.8 Å². The molecule has 0 bridgehead atoms. The van der Waals surface area contributed by atoms with Gasteiger partial charge in [-0.25, -0.2) is 0 Å². The predicted octanol–water partition coefficient (Wildman–Crippen LogP) is 5.40. The molecule has 0 spiro atoms. The lowest BCUT2D eigenvalue weighted by Gasteiger charge is -2.13. The van der Waals surface area contributed by atoms with Gasteiger partial charge >= 0.3 is 0 Å². The highest BCUT2D eigenvalue weighted by Gasteiger charge is 2.19. The van der Waals surface area contributed by atoms with Crippen molar-refractivity contribution in [3.63, 3.8) is 0 Å². The zero-order valence-corrected chi connectivity index (χ0v) is 17.1. The van der Waals surface area contributed by atoms with E-state index < -0.39 is 15.0 Å². The number of nitro groups is 1. The molecule has 156 valence electrons. The molecule has 0 fully saturated rings. The minimum absolute atomic E-state index is 0.0589. The number of non-ortho nitro benzene ring substituents is 1. The van der Waals surface area contributed by atoms with E-state index in [1.165, 1.54) is 30.3 Å². The summed E-state index contributed by atoms with van der Waals surface area (Å²) in [4.78, 5) is 10.3. The van der Waals surface area contributed by atoms with Gasteiger partial charge in [0.1, 0.15) is 4.90 Å². The molecule has 0 unspecified atom stereocenters. The van der Waals surface area contributed by atoms with E-state index in [1.54, 1.807) is 18.2 Å². The Kier molecular flexibility index (Phi) is 5.66.